The van der Waals surface area contributed by atoms with Gasteiger partial charge in [-0.1, -0.05) is 25.0 Å². The number of aryl methyl sites for hydroxylation is 1. The van der Waals surface area contributed by atoms with Crippen molar-refractivity contribution in [1.29, 1.82) is 0 Å². The lowest BCUT2D eigenvalue weighted by Gasteiger charge is -2.46. The van der Waals surface area contributed by atoms with Crippen LogP contribution in [0.1, 0.15) is 60.0 Å². The van der Waals surface area contributed by atoms with E-state index in [2.05, 4.69) is 26.7 Å². The normalized spacial score (nSPS) is 36.2. The number of benzene rings is 1. The number of imide groups is 1. The molecule has 12 nitrogen and oxygen atoms in total. The lowest BCUT2D eigenvalue weighted by Crippen LogP contribution is -2.73. The largest absolute Gasteiger partial charge is 0.386 e. The van der Waals surface area contributed by atoms with E-state index in [0.29, 0.717) is 5.56 Å². The number of aliphatic hydroxyl groups is 1. The first-order chi connectivity index (χ1) is 19.3. The SMILES string of the molecule is NC1=NC2C(CN3C(=O)C4CCCCC4C3=O)N=C(N)N3CC(NC(=O)c4cccc5c4CCCC5)[C@@H](O)[C@]23N1. The van der Waals surface area contributed by atoms with E-state index < -0.39 is 29.9 Å². The number of nitrogens with zero attached hydrogens (tertiary/aromatic N) is 4. The summed E-state index contributed by atoms with van der Waals surface area (Å²) in [4.78, 5) is 52.2. The minimum atomic E-state index is -1.26. The van der Waals surface area contributed by atoms with Gasteiger partial charge in [0.25, 0.3) is 5.91 Å². The predicted octanol–water partition coefficient (Wildman–Crippen LogP) is -0.805. The Morgan fingerprint density at radius 2 is 1.80 bits per heavy atom. The van der Waals surface area contributed by atoms with Crippen LogP contribution in [0.5, 0.6) is 0 Å². The van der Waals surface area contributed by atoms with Gasteiger partial charge in [-0.05, 0) is 55.7 Å². The minimum absolute atomic E-state index is 0.0178. The van der Waals surface area contributed by atoms with Crippen molar-refractivity contribution in [1.82, 2.24) is 20.4 Å². The number of fused-ring (bicyclic) bond motifs is 2. The number of rotatable bonds is 4. The summed E-state index contributed by atoms with van der Waals surface area (Å²) < 4.78 is 0. The fourth-order valence-electron chi connectivity index (χ4n) is 8.03. The number of likely N-dealkylation sites (tertiary alicyclic amines) is 1. The Balaban J connectivity index is 1.15. The molecule has 2 aliphatic carbocycles. The maximum absolute atomic E-state index is 13.5. The highest BCUT2D eigenvalue weighted by Gasteiger charge is 2.66. The molecule has 0 radical (unpaired) electrons. The second-order valence-electron chi connectivity index (χ2n) is 12.0. The zero-order valence-corrected chi connectivity index (χ0v) is 22.4. The second-order valence-corrected chi connectivity index (χ2v) is 12.0. The van der Waals surface area contributed by atoms with E-state index >= 15 is 0 Å². The third-order valence-corrected chi connectivity index (χ3v) is 9.91. The van der Waals surface area contributed by atoms with Crippen molar-refractivity contribution in [2.24, 2.45) is 33.3 Å². The van der Waals surface area contributed by atoms with Crippen LogP contribution in [0.4, 0.5) is 0 Å². The molecule has 7 atom stereocenters. The fourth-order valence-corrected chi connectivity index (χ4v) is 8.03. The zero-order valence-electron chi connectivity index (χ0n) is 22.4. The maximum atomic E-state index is 13.5. The molecule has 7 N–H and O–H groups in total. The molecule has 1 spiro atoms. The van der Waals surface area contributed by atoms with Gasteiger partial charge < -0.3 is 32.1 Å². The summed E-state index contributed by atoms with van der Waals surface area (Å²) in [7, 11) is 0. The van der Waals surface area contributed by atoms with Gasteiger partial charge >= 0.3 is 0 Å². The molecule has 1 aromatic rings. The van der Waals surface area contributed by atoms with Crippen molar-refractivity contribution in [3.8, 4) is 0 Å². The van der Waals surface area contributed by atoms with Gasteiger partial charge in [-0.15, -0.1) is 0 Å². The average Bonchev–Trinajstić information content (AvgIpc) is 3.54. The molecule has 2 saturated heterocycles. The molecule has 5 unspecified atom stereocenters. The molecule has 1 saturated carbocycles. The Morgan fingerprint density at radius 1 is 1.07 bits per heavy atom. The van der Waals surface area contributed by atoms with Gasteiger partial charge in [-0.25, -0.2) is 9.98 Å². The van der Waals surface area contributed by atoms with Crippen LogP contribution in [-0.2, 0) is 22.4 Å². The van der Waals surface area contributed by atoms with Crippen LogP contribution in [0, 0.1) is 11.8 Å². The quantitative estimate of drug-likeness (QED) is 0.303. The lowest BCUT2D eigenvalue weighted by atomic mass is 9.81. The monoisotopic (exact) mass is 548 g/mol. The Kier molecular flexibility index (Phi) is 5.81. The van der Waals surface area contributed by atoms with Crippen LogP contribution < -0.4 is 22.1 Å². The smallest absolute Gasteiger partial charge is 0.251 e. The number of guanidine groups is 2. The molecule has 1 aromatic carbocycles. The Bertz CT molecular complexity index is 1320. The van der Waals surface area contributed by atoms with Crippen LogP contribution in [0.2, 0.25) is 0 Å². The summed E-state index contributed by atoms with van der Waals surface area (Å²) in [6.45, 7) is 0.214. The van der Waals surface area contributed by atoms with Crippen LogP contribution >= 0.6 is 0 Å². The molecule has 0 bridgehead atoms. The number of carbonyl (C=O) groups is 3. The van der Waals surface area contributed by atoms with Crippen molar-refractivity contribution in [3.05, 3.63) is 34.9 Å². The van der Waals surface area contributed by atoms with Crippen molar-refractivity contribution in [2.75, 3.05) is 13.1 Å². The van der Waals surface area contributed by atoms with Gasteiger partial charge in [-0.3, -0.25) is 19.3 Å². The van der Waals surface area contributed by atoms with E-state index in [1.54, 1.807) is 4.90 Å². The molecule has 7 rings (SSSR count). The topological polar surface area (TPSA) is 179 Å². The minimum Gasteiger partial charge on any atom is -0.386 e. The van der Waals surface area contributed by atoms with Gasteiger partial charge in [0.15, 0.2) is 17.6 Å². The summed E-state index contributed by atoms with van der Waals surface area (Å²) in [6, 6.07) is 3.71. The highest BCUT2D eigenvalue weighted by molar-refractivity contribution is 6.05. The van der Waals surface area contributed by atoms with Crippen molar-refractivity contribution in [3.63, 3.8) is 0 Å². The molecule has 12 heteroatoms. The number of nitrogens with two attached hydrogens (primary N) is 2. The number of amides is 3. The number of hydrogen-bond donors (Lipinski definition) is 5. The number of carbonyl (C=O) groups excluding carboxylic acids is 3. The van der Waals surface area contributed by atoms with Crippen LogP contribution in [0.25, 0.3) is 0 Å². The highest BCUT2D eigenvalue weighted by Crippen LogP contribution is 2.42. The van der Waals surface area contributed by atoms with Crippen LogP contribution in [-0.4, -0.2) is 87.5 Å². The summed E-state index contributed by atoms with van der Waals surface area (Å²) in [5, 5.41) is 17.9. The first kappa shape index (κ1) is 25.3. The first-order valence-electron chi connectivity index (χ1n) is 14.5. The van der Waals surface area contributed by atoms with Crippen molar-refractivity contribution in [2.45, 2.75) is 81.3 Å². The van der Waals surface area contributed by atoms with Gasteiger partial charge in [0, 0.05) is 12.1 Å². The van der Waals surface area contributed by atoms with E-state index in [1.807, 2.05) is 12.1 Å². The third kappa shape index (κ3) is 3.57. The number of nitrogens with one attached hydrogen (secondary N) is 2. The Morgan fingerprint density at radius 3 is 2.55 bits per heavy atom. The molecule has 3 fully saturated rings. The van der Waals surface area contributed by atoms with Crippen LogP contribution in [0.15, 0.2) is 28.2 Å². The van der Waals surface area contributed by atoms with Crippen molar-refractivity contribution < 1.29 is 19.5 Å². The predicted molar refractivity (Wildman–Crippen MR) is 146 cm³/mol. The number of aliphatic imine (C=N–C) groups is 2. The summed E-state index contributed by atoms with van der Waals surface area (Å²) in [5.74, 6) is -0.855. The lowest BCUT2D eigenvalue weighted by molar-refractivity contribution is -0.140. The molecule has 4 heterocycles. The highest BCUT2D eigenvalue weighted by atomic mass is 16.3. The third-order valence-electron chi connectivity index (χ3n) is 9.91. The van der Waals surface area contributed by atoms with E-state index in [1.165, 1.54) is 10.5 Å². The van der Waals surface area contributed by atoms with Gasteiger partial charge in [0.1, 0.15) is 12.1 Å². The van der Waals surface area contributed by atoms with Crippen LogP contribution in [0.3, 0.4) is 0 Å². The summed E-state index contributed by atoms with van der Waals surface area (Å²) >= 11 is 0. The van der Waals surface area contributed by atoms with E-state index in [-0.39, 0.29) is 54.6 Å². The second kappa shape index (κ2) is 9.18. The molecule has 3 amide bonds. The van der Waals surface area contributed by atoms with E-state index in [9.17, 15) is 19.5 Å². The zero-order chi connectivity index (χ0) is 27.8. The number of aliphatic hydroxyl groups excluding tert-OH is 1. The molecule has 212 valence electrons. The van der Waals surface area contributed by atoms with Gasteiger partial charge in [0.05, 0.1) is 30.5 Å². The fraction of sp³-hybridized carbons (Fsp3) is 0.607. The Labute approximate surface area is 232 Å². The average molecular weight is 549 g/mol. The molecular weight excluding hydrogens is 512 g/mol. The van der Waals surface area contributed by atoms with Crippen molar-refractivity contribution >= 4 is 29.6 Å². The molecule has 40 heavy (non-hydrogen) atoms. The molecule has 0 aromatic heterocycles. The standard InChI is InChI=1S/C28H36N8O4/c29-26-33-21-19(12-35-24(39)17-9-3-4-10-18(17)25(35)40)32-27(30)36-13-20(22(37)28(21,36)34-26)31-23(38)16-11-5-7-14-6-1-2-8-15(14)16/h5,7,11,17-22,37H,1-4,6,8-10,12-13H2,(H2,30,32)(H,31,38)(H3,29,33,34)/t17?,18?,19?,20?,21?,22-,28+/m1/s1. The van der Waals surface area contributed by atoms with Gasteiger partial charge in [0.2, 0.25) is 11.8 Å². The maximum Gasteiger partial charge on any atom is 0.251 e. The van der Waals surface area contributed by atoms with E-state index in [4.69, 9.17) is 11.5 Å². The summed E-state index contributed by atoms with van der Waals surface area (Å²) in [6.07, 6.45) is 6.15. The Hall–Kier alpha value is -3.67. The number of hydrogen-bond acceptors (Lipinski definition) is 10. The van der Waals surface area contributed by atoms with E-state index in [0.717, 1.165) is 56.9 Å². The summed E-state index contributed by atoms with van der Waals surface area (Å²) in [5.41, 5.74) is 14.3. The van der Waals surface area contributed by atoms with Gasteiger partial charge in [-0.2, -0.15) is 0 Å². The molecule has 4 aliphatic heterocycles. The molecular formula is C28H36N8O4. The first-order valence-corrected chi connectivity index (χ1v) is 14.5. The molecule has 6 aliphatic rings.